The molecule has 1 heterocycles. The minimum absolute atomic E-state index is 0.0648. The quantitative estimate of drug-likeness (QED) is 0.890. The van der Waals surface area contributed by atoms with Crippen molar-refractivity contribution in [1.29, 1.82) is 0 Å². The molecule has 7 heteroatoms. The van der Waals surface area contributed by atoms with Crippen molar-refractivity contribution in [2.24, 2.45) is 0 Å². The molecule has 5 nitrogen and oxygen atoms in total. The Morgan fingerprint density at radius 3 is 2.53 bits per heavy atom. The van der Waals surface area contributed by atoms with Gasteiger partial charge < -0.3 is 5.32 Å². The van der Waals surface area contributed by atoms with Gasteiger partial charge in [-0.25, -0.2) is 8.42 Å². The van der Waals surface area contributed by atoms with Crippen molar-refractivity contribution in [3.8, 4) is 0 Å². The Morgan fingerprint density at radius 2 is 1.95 bits per heavy atom. The number of hydrogen-bond donors (Lipinski definition) is 2. The summed E-state index contributed by atoms with van der Waals surface area (Å²) in [5.74, 6) is 0. The monoisotopic (exact) mass is 297 g/mol. The van der Waals surface area contributed by atoms with Crippen LogP contribution in [-0.2, 0) is 10.0 Å². The van der Waals surface area contributed by atoms with Crippen LogP contribution in [0.25, 0.3) is 0 Å². The second kappa shape index (κ2) is 5.58. The molecule has 0 aliphatic heterocycles. The summed E-state index contributed by atoms with van der Waals surface area (Å²) in [6.07, 6.45) is 2.94. The molecule has 0 saturated heterocycles. The summed E-state index contributed by atoms with van der Waals surface area (Å²) >= 11 is 1.56. The molecule has 2 N–H and O–H groups in total. The number of sulfonamides is 1. The van der Waals surface area contributed by atoms with Crippen molar-refractivity contribution in [1.82, 2.24) is 4.98 Å². The average Bonchev–Trinajstić information content (AvgIpc) is 2.83. The van der Waals surface area contributed by atoms with Crippen molar-refractivity contribution in [3.63, 3.8) is 0 Å². The first-order valence-corrected chi connectivity index (χ1v) is 8.44. The summed E-state index contributed by atoms with van der Waals surface area (Å²) in [6, 6.07) is 7.27. The van der Waals surface area contributed by atoms with E-state index in [2.05, 4.69) is 15.0 Å². The fraction of sp³-hybridized carbons (Fsp3) is 0.250. The third-order valence-corrected chi connectivity index (χ3v) is 4.02. The van der Waals surface area contributed by atoms with Crippen LogP contribution < -0.4 is 10.0 Å². The molecule has 1 atom stereocenters. The van der Waals surface area contributed by atoms with Gasteiger partial charge in [0, 0.05) is 11.1 Å². The van der Waals surface area contributed by atoms with E-state index in [-0.39, 0.29) is 6.04 Å². The van der Waals surface area contributed by atoms with Crippen LogP contribution in [-0.4, -0.2) is 19.7 Å². The smallest absolute Gasteiger partial charge is 0.229 e. The van der Waals surface area contributed by atoms with Crippen molar-refractivity contribution >= 4 is 32.7 Å². The van der Waals surface area contributed by atoms with Gasteiger partial charge in [-0.1, -0.05) is 12.1 Å². The van der Waals surface area contributed by atoms with E-state index in [0.717, 1.165) is 16.8 Å². The lowest BCUT2D eigenvalue weighted by atomic mass is 10.2. The van der Waals surface area contributed by atoms with Gasteiger partial charge in [-0.05, 0) is 19.1 Å². The largest absolute Gasteiger partial charge is 0.376 e. The highest BCUT2D eigenvalue weighted by Gasteiger charge is 2.11. The number of aromatic nitrogens is 1. The molecular formula is C12H15N3O2S2. The van der Waals surface area contributed by atoms with Gasteiger partial charge in [0.1, 0.15) is 0 Å². The number of thiazole rings is 1. The second-order valence-electron chi connectivity index (χ2n) is 4.19. The summed E-state index contributed by atoms with van der Waals surface area (Å²) in [5, 5.41) is 3.28. The van der Waals surface area contributed by atoms with Crippen LogP contribution in [0.5, 0.6) is 0 Å². The Balaban J connectivity index is 2.21. The van der Waals surface area contributed by atoms with Crippen molar-refractivity contribution in [3.05, 3.63) is 40.8 Å². The molecule has 0 amide bonds. The maximum absolute atomic E-state index is 11.3. The van der Waals surface area contributed by atoms with Crippen LogP contribution in [0, 0.1) is 0 Å². The van der Waals surface area contributed by atoms with E-state index in [1.54, 1.807) is 35.2 Å². The zero-order chi connectivity index (χ0) is 13.9. The molecule has 2 rings (SSSR count). The molecule has 0 aliphatic rings. The number of rotatable bonds is 5. The van der Waals surface area contributed by atoms with Crippen LogP contribution in [0.3, 0.4) is 0 Å². The maximum atomic E-state index is 11.3. The van der Waals surface area contributed by atoms with Crippen molar-refractivity contribution in [2.75, 3.05) is 16.3 Å². The first-order chi connectivity index (χ1) is 8.96. The number of benzene rings is 1. The number of nitrogens with one attached hydrogen (secondary N) is 2. The number of hydrogen-bond acceptors (Lipinski definition) is 5. The maximum Gasteiger partial charge on any atom is 0.229 e. The molecule has 102 valence electrons. The molecule has 0 saturated carbocycles. The molecule has 0 bridgehead atoms. The summed E-state index contributed by atoms with van der Waals surface area (Å²) in [6.45, 7) is 2.00. The van der Waals surface area contributed by atoms with Crippen molar-refractivity contribution in [2.45, 2.75) is 13.0 Å². The topological polar surface area (TPSA) is 71.1 Å². The van der Waals surface area contributed by atoms with Gasteiger partial charge in [-0.3, -0.25) is 9.71 Å². The Labute approximate surface area is 116 Å². The fourth-order valence-electron chi connectivity index (χ4n) is 1.64. The second-order valence-corrected chi connectivity index (χ2v) is 6.86. The highest BCUT2D eigenvalue weighted by molar-refractivity contribution is 7.92. The van der Waals surface area contributed by atoms with Gasteiger partial charge in [0.2, 0.25) is 10.0 Å². The van der Waals surface area contributed by atoms with Gasteiger partial charge in [0.05, 0.1) is 29.2 Å². The van der Waals surface area contributed by atoms with Crippen LogP contribution in [0.1, 0.15) is 17.8 Å². The lowest BCUT2D eigenvalue weighted by molar-refractivity contribution is 0.607. The zero-order valence-corrected chi connectivity index (χ0v) is 12.3. The molecule has 0 fully saturated rings. The van der Waals surface area contributed by atoms with E-state index in [9.17, 15) is 8.42 Å². The Bertz CT molecular complexity index is 639. The third kappa shape index (κ3) is 3.93. The summed E-state index contributed by atoms with van der Waals surface area (Å²) in [5.41, 5.74) is 3.06. The lowest BCUT2D eigenvalue weighted by Crippen LogP contribution is -2.13. The standard InChI is InChI=1S/C12H15N3O2S2/c1-9(12-7-13-8-18-12)14-10-5-3-4-6-11(10)15-19(2,16)17/h3-9,14-15H,1-2H3. The number of anilines is 2. The van der Waals surface area contributed by atoms with Crippen LogP contribution >= 0.6 is 11.3 Å². The third-order valence-electron chi connectivity index (χ3n) is 2.47. The van der Waals surface area contributed by atoms with Crippen molar-refractivity contribution < 1.29 is 8.42 Å². The van der Waals surface area contributed by atoms with Gasteiger partial charge in [0.15, 0.2) is 0 Å². The number of nitrogens with zero attached hydrogens (tertiary/aromatic N) is 1. The van der Waals surface area contributed by atoms with Gasteiger partial charge >= 0.3 is 0 Å². The SMILES string of the molecule is CC(Nc1ccccc1NS(C)(=O)=O)c1cncs1. The predicted molar refractivity (Wildman–Crippen MR) is 79.1 cm³/mol. The van der Waals surface area contributed by atoms with Crippen LogP contribution in [0.4, 0.5) is 11.4 Å². The lowest BCUT2D eigenvalue weighted by Gasteiger charge is -2.17. The summed E-state index contributed by atoms with van der Waals surface area (Å²) in [4.78, 5) is 5.13. The molecule has 1 aromatic heterocycles. The van der Waals surface area contributed by atoms with E-state index < -0.39 is 10.0 Å². The predicted octanol–water partition coefficient (Wildman–Crippen LogP) is 2.69. The number of para-hydroxylation sites is 2. The summed E-state index contributed by atoms with van der Waals surface area (Å²) < 4.78 is 25.1. The molecule has 0 spiro atoms. The zero-order valence-electron chi connectivity index (χ0n) is 10.6. The molecular weight excluding hydrogens is 282 g/mol. The Hall–Kier alpha value is -1.60. The van der Waals surface area contributed by atoms with E-state index >= 15 is 0 Å². The normalized spacial score (nSPS) is 12.9. The molecule has 19 heavy (non-hydrogen) atoms. The van der Waals surface area contributed by atoms with Gasteiger partial charge in [0.25, 0.3) is 0 Å². The highest BCUT2D eigenvalue weighted by atomic mass is 32.2. The Kier molecular flexibility index (Phi) is 4.06. The van der Waals surface area contributed by atoms with Gasteiger partial charge in [-0.2, -0.15) is 0 Å². The minimum Gasteiger partial charge on any atom is -0.376 e. The molecule has 1 aromatic carbocycles. The van der Waals surface area contributed by atoms with Crippen LogP contribution in [0.2, 0.25) is 0 Å². The molecule has 0 radical (unpaired) electrons. The van der Waals surface area contributed by atoms with Crippen LogP contribution in [0.15, 0.2) is 36.0 Å². The van der Waals surface area contributed by atoms with E-state index in [1.807, 2.05) is 19.1 Å². The molecule has 2 aromatic rings. The first-order valence-electron chi connectivity index (χ1n) is 5.67. The van der Waals surface area contributed by atoms with Gasteiger partial charge in [-0.15, -0.1) is 11.3 Å². The van der Waals surface area contributed by atoms with E-state index in [4.69, 9.17) is 0 Å². The molecule has 1 unspecified atom stereocenters. The van der Waals surface area contributed by atoms with E-state index in [1.165, 1.54) is 0 Å². The molecule has 0 aliphatic carbocycles. The minimum atomic E-state index is -3.29. The Morgan fingerprint density at radius 1 is 1.26 bits per heavy atom. The fourth-order valence-corrected chi connectivity index (χ4v) is 2.85. The first kappa shape index (κ1) is 13.8. The highest BCUT2D eigenvalue weighted by Crippen LogP contribution is 2.27. The average molecular weight is 297 g/mol. The summed E-state index contributed by atoms with van der Waals surface area (Å²) in [7, 11) is -3.29. The van der Waals surface area contributed by atoms with E-state index in [0.29, 0.717) is 5.69 Å².